The number of rotatable bonds is 3. The second-order valence-corrected chi connectivity index (χ2v) is 4.63. The van der Waals surface area contributed by atoms with Crippen LogP contribution in [0.1, 0.15) is 5.76 Å². The average Bonchev–Trinajstić information content (AvgIpc) is 3.07. The van der Waals surface area contributed by atoms with E-state index in [1.54, 1.807) is 24.5 Å². The number of urea groups is 1. The van der Waals surface area contributed by atoms with Gasteiger partial charge in [0.15, 0.2) is 0 Å². The first-order valence-electron chi connectivity index (χ1n) is 5.60. The van der Waals surface area contributed by atoms with Crippen LogP contribution in [0.5, 0.6) is 0 Å². The number of hydrogen-bond acceptors (Lipinski definition) is 5. The molecule has 0 unspecified atom stereocenters. The van der Waals surface area contributed by atoms with Gasteiger partial charge in [-0.05, 0) is 41.9 Å². The molecule has 7 heteroatoms. The maximum Gasteiger partial charge on any atom is 0.319 e. The minimum absolute atomic E-state index is 0.293. The molecule has 0 fully saturated rings. The molecule has 96 valence electrons. The number of aromatic nitrogens is 2. The SMILES string of the molecule is O=C(NCc1ccco1)Nc1ccc2snnc2c1. The lowest BCUT2D eigenvalue weighted by Gasteiger charge is -2.06. The van der Waals surface area contributed by atoms with Gasteiger partial charge in [-0.25, -0.2) is 4.79 Å². The molecule has 2 N–H and O–H groups in total. The van der Waals surface area contributed by atoms with Crippen molar-refractivity contribution >= 4 is 33.5 Å². The molecule has 3 rings (SSSR count). The number of hydrogen-bond donors (Lipinski definition) is 2. The van der Waals surface area contributed by atoms with Crippen LogP contribution in [0.25, 0.3) is 10.2 Å². The quantitative estimate of drug-likeness (QED) is 0.769. The fourth-order valence-electron chi connectivity index (χ4n) is 1.61. The molecule has 1 aromatic carbocycles. The van der Waals surface area contributed by atoms with E-state index in [4.69, 9.17) is 4.42 Å². The van der Waals surface area contributed by atoms with E-state index in [0.717, 1.165) is 10.2 Å². The molecule has 3 aromatic rings. The lowest BCUT2D eigenvalue weighted by Crippen LogP contribution is -2.27. The summed E-state index contributed by atoms with van der Waals surface area (Å²) in [4.78, 5) is 11.7. The minimum Gasteiger partial charge on any atom is -0.467 e. The van der Waals surface area contributed by atoms with Gasteiger partial charge in [0.25, 0.3) is 0 Å². The van der Waals surface area contributed by atoms with Crippen molar-refractivity contribution in [3.8, 4) is 0 Å². The Morgan fingerprint density at radius 1 is 1.37 bits per heavy atom. The molecule has 0 spiro atoms. The monoisotopic (exact) mass is 274 g/mol. The van der Waals surface area contributed by atoms with Crippen molar-refractivity contribution in [2.75, 3.05) is 5.32 Å². The van der Waals surface area contributed by atoms with Gasteiger partial charge in [-0.1, -0.05) is 4.49 Å². The van der Waals surface area contributed by atoms with Crippen LogP contribution in [-0.2, 0) is 6.54 Å². The number of nitrogens with zero attached hydrogens (tertiary/aromatic N) is 2. The predicted molar refractivity (Wildman–Crippen MR) is 72.0 cm³/mol. The van der Waals surface area contributed by atoms with Crippen molar-refractivity contribution in [3.63, 3.8) is 0 Å². The van der Waals surface area contributed by atoms with Crippen LogP contribution in [0.2, 0.25) is 0 Å². The van der Waals surface area contributed by atoms with E-state index in [1.165, 1.54) is 11.5 Å². The van der Waals surface area contributed by atoms with Crippen molar-refractivity contribution in [2.24, 2.45) is 0 Å². The minimum atomic E-state index is -0.293. The maximum absolute atomic E-state index is 11.7. The lowest BCUT2D eigenvalue weighted by atomic mass is 10.3. The third-order valence-corrected chi connectivity index (χ3v) is 3.21. The number of benzene rings is 1. The molecule has 0 saturated carbocycles. The summed E-state index contributed by atoms with van der Waals surface area (Å²) < 4.78 is 9.95. The van der Waals surface area contributed by atoms with E-state index >= 15 is 0 Å². The summed E-state index contributed by atoms with van der Waals surface area (Å²) in [7, 11) is 0. The Kier molecular flexibility index (Phi) is 3.11. The largest absolute Gasteiger partial charge is 0.467 e. The summed E-state index contributed by atoms with van der Waals surface area (Å²) >= 11 is 1.32. The third-order valence-electron chi connectivity index (χ3n) is 2.51. The molecule has 0 radical (unpaired) electrons. The molecular weight excluding hydrogens is 264 g/mol. The van der Waals surface area contributed by atoms with Crippen molar-refractivity contribution in [3.05, 3.63) is 42.4 Å². The first kappa shape index (κ1) is 11.7. The van der Waals surface area contributed by atoms with E-state index in [-0.39, 0.29) is 6.03 Å². The molecular formula is C12H10N4O2S. The highest BCUT2D eigenvalue weighted by Crippen LogP contribution is 2.19. The standard InChI is InChI=1S/C12H10N4O2S/c17-12(13-7-9-2-1-5-18-9)14-8-3-4-11-10(6-8)15-16-19-11/h1-6H,7H2,(H2,13,14,17). The van der Waals surface area contributed by atoms with Gasteiger partial charge in [0.05, 0.1) is 17.5 Å². The third kappa shape index (κ3) is 2.71. The van der Waals surface area contributed by atoms with Gasteiger partial charge in [0, 0.05) is 5.69 Å². The Hall–Kier alpha value is -2.41. The van der Waals surface area contributed by atoms with Crippen LogP contribution >= 0.6 is 11.5 Å². The smallest absolute Gasteiger partial charge is 0.319 e. The second-order valence-electron chi connectivity index (χ2n) is 3.84. The Bertz CT molecular complexity index is 693. The molecule has 0 saturated heterocycles. The average molecular weight is 274 g/mol. The number of furan rings is 1. The maximum atomic E-state index is 11.7. The highest BCUT2D eigenvalue weighted by Gasteiger charge is 2.05. The topological polar surface area (TPSA) is 80.0 Å². The van der Waals surface area contributed by atoms with Gasteiger partial charge in [-0.3, -0.25) is 0 Å². The fraction of sp³-hybridized carbons (Fsp3) is 0.0833. The van der Waals surface area contributed by atoms with E-state index in [2.05, 4.69) is 20.2 Å². The van der Waals surface area contributed by atoms with Crippen molar-refractivity contribution < 1.29 is 9.21 Å². The van der Waals surface area contributed by atoms with Crippen molar-refractivity contribution in [1.29, 1.82) is 0 Å². The van der Waals surface area contributed by atoms with Gasteiger partial charge in [-0.2, -0.15) is 0 Å². The van der Waals surface area contributed by atoms with E-state index in [0.29, 0.717) is 18.0 Å². The molecule has 2 aromatic heterocycles. The Morgan fingerprint density at radius 3 is 3.16 bits per heavy atom. The molecule has 19 heavy (non-hydrogen) atoms. The Morgan fingerprint density at radius 2 is 2.32 bits per heavy atom. The highest BCUT2D eigenvalue weighted by molar-refractivity contribution is 7.12. The summed E-state index contributed by atoms with van der Waals surface area (Å²) in [5.74, 6) is 0.703. The number of anilines is 1. The first-order valence-corrected chi connectivity index (χ1v) is 6.38. The van der Waals surface area contributed by atoms with Crippen molar-refractivity contribution in [1.82, 2.24) is 14.9 Å². The van der Waals surface area contributed by atoms with Gasteiger partial charge in [0.2, 0.25) is 0 Å². The molecule has 0 aliphatic carbocycles. The summed E-state index contributed by atoms with van der Waals surface area (Å²) in [6.45, 7) is 0.347. The van der Waals surface area contributed by atoms with E-state index < -0.39 is 0 Å². The molecule has 0 bridgehead atoms. The zero-order valence-electron chi connectivity index (χ0n) is 9.79. The fourth-order valence-corrected chi connectivity index (χ4v) is 2.15. The Balaban J connectivity index is 1.62. The van der Waals surface area contributed by atoms with Crippen LogP contribution in [0, 0.1) is 0 Å². The lowest BCUT2D eigenvalue weighted by molar-refractivity contribution is 0.251. The molecule has 0 atom stereocenters. The number of carbonyl (C=O) groups excluding carboxylic acids is 1. The van der Waals surface area contributed by atoms with Gasteiger partial charge < -0.3 is 15.1 Å². The highest BCUT2D eigenvalue weighted by atomic mass is 32.1. The van der Waals surface area contributed by atoms with Crippen molar-refractivity contribution in [2.45, 2.75) is 6.54 Å². The predicted octanol–water partition coefficient (Wildman–Crippen LogP) is 2.61. The van der Waals surface area contributed by atoms with Gasteiger partial charge in [-0.15, -0.1) is 5.10 Å². The van der Waals surface area contributed by atoms with Crippen LogP contribution < -0.4 is 10.6 Å². The van der Waals surface area contributed by atoms with E-state index in [1.807, 2.05) is 12.1 Å². The number of amides is 2. The second kappa shape index (κ2) is 5.07. The van der Waals surface area contributed by atoms with Crippen LogP contribution in [0.3, 0.4) is 0 Å². The summed E-state index contributed by atoms with van der Waals surface area (Å²) in [6.07, 6.45) is 1.57. The van der Waals surface area contributed by atoms with Gasteiger partial charge >= 0.3 is 6.03 Å². The zero-order chi connectivity index (χ0) is 13.1. The molecule has 0 aliphatic rings. The molecule has 6 nitrogen and oxygen atoms in total. The molecule has 0 aliphatic heterocycles. The van der Waals surface area contributed by atoms with E-state index in [9.17, 15) is 4.79 Å². The summed E-state index contributed by atoms with van der Waals surface area (Å²) in [6, 6.07) is 8.76. The molecule has 2 heterocycles. The number of nitrogens with one attached hydrogen (secondary N) is 2. The van der Waals surface area contributed by atoms with Crippen LogP contribution in [0.15, 0.2) is 41.0 Å². The normalized spacial score (nSPS) is 10.5. The number of carbonyl (C=O) groups is 1. The first-order chi connectivity index (χ1) is 9.31. The molecule has 2 amide bonds. The van der Waals surface area contributed by atoms with Crippen LogP contribution in [0.4, 0.5) is 10.5 Å². The number of fused-ring (bicyclic) bond motifs is 1. The van der Waals surface area contributed by atoms with Crippen LogP contribution in [-0.4, -0.2) is 15.6 Å². The summed E-state index contributed by atoms with van der Waals surface area (Å²) in [5, 5.41) is 9.38. The zero-order valence-corrected chi connectivity index (χ0v) is 10.6. The Labute approximate surface area is 112 Å². The summed E-state index contributed by atoms with van der Waals surface area (Å²) in [5.41, 5.74) is 1.45. The van der Waals surface area contributed by atoms with Gasteiger partial charge in [0.1, 0.15) is 11.3 Å².